The van der Waals surface area contributed by atoms with Gasteiger partial charge in [-0.2, -0.15) is 0 Å². The molecule has 1 aliphatic rings. The number of benzene rings is 2. The molecule has 1 saturated heterocycles. The number of carbonyl (C=O) groups is 1. The van der Waals surface area contributed by atoms with Crippen LogP contribution in [0.5, 0.6) is 0 Å². The topological polar surface area (TPSA) is 63.5 Å². The second-order valence-corrected chi connectivity index (χ2v) is 8.31. The van der Waals surface area contributed by atoms with Crippen LogP contribution in [0, 0.1) is 0 Å². The molecule has 2 heterocycles. The van der Waals surface area contributed by atoms with Crippen molar-refractivity contribution >= 4 is 17.1 Å². The predicted octanol–water partition coefficient (Wildman–Crippen LogP) is 3.53. The van der Waals surface area contributed by atoms with E-state index in [1.54, 1.807) is 4.90 Å². The van der Waals surface area contributed by atoms with Gasteiger partial charge in [0.1, 0.15) is 17.3 Å². The molecule has 0 aliphatic carbocycles. The molecule has 0 radical (unpaired) electrons. The Kier molecular flexibility index (Phi) is 5.24. The fraction of sp³-hybridized carbons (Fsp3) is 0.409. The van der Waals surface area contributed by atoms with Gasteiger partial charge in [-0.25, -0.2) is 9.48 Å². The van der Waals surface area contributed by atoms with Gasteiger partial charge in [0.2, 0.25) is 0 Å². The molecule has 3 aromatic rings. The van der Waals surface area contributed by atoms with E-state index in [1.807, 2.05) is 67.9 Å². The fourth-order valence-corrected chi connectivity index (χ4v) is 3.68. The molecule has 0 saturated carbocycles. The van der Waals surface area contributed by atoms with Crippen LogP contribution >= 0.6 is 0 Å². The maximum absolute atomic E-state index is 12.4. The first-order valence-electron chi connectivity index (χ1n) is 9.99. The Balaban J connectivity index is 1.58. The third-order valence-corrected chi connectivity index (χ3v) is 5.02. The summed E-state index contributed by atoms with van der Waals surface area (Å²) in [5.74, 6) is 0. The molecular formula is C22H27N5O2. The summed E-state index contributed by atoms with van der Waals surface area (Å²) in [4.78, 5) is 16.5. The number of aromatic nitrogens is 3. The average molecular weight is 393 g/mol. The first-order chi connectivity index (χ1) is 13.9. The number of rotatable bonds is 3. The van der Waals surface area contributed by atoms with Gasteiger partial charge in [-0.15, -0.1) is 5.10 Å². The van der Waals surface area contributed by atoms with Crippen LogP contribution in [0.4, 0.5) is 4.79 Å². The van der Waals surface area contributed by atoms with Gasteiger partial charge in [0.15, 0.2) is 0 Å². The lowest BCUT2D eigenvalue weighted by Crippen LogP contribution is -2.52. The molecule has 0 bridgehead atoms. The third-order valence-electron chi connectivity index (χ3n) is 5.02. The lowest BCUT2D eigenvalue weighted by Gasteiger charge is -2.39. The Morgan fingerprint density at radius 2 is 1.62 bits per heavy atom. The van der Waals surface area contributed by atoms with E-state index >= 15 is 0 Å². The standard InChI is InChI=1S/C22H27N5O2/c1-22(2,3)29-21(28)26-15-13-25(14-16-26)20(17-9-5-4-6-10-17)27-19-12-8-7-11-18(19)23-24-27/h4-12,20H,13-16H2,1-3H3. The summed E-state index contributed by atoms with van der Waals surface area (Å²) in [5, 5.41) is 8.81. The van der Waals surface area contributed by atoms with Crippen molar-refractivity contribution in [2.75, 3.05) is 26.2 Å². The van der Waals surface area contributed by atoms with E-state index < -0.39 is 5.60 Å². The van der Waals surface area contributed by atoms with Crippen molar-refractivity contribution in [1.29, 1.82) is 0 Å². The number of ether oxygens (including phenoxy) is 1. The number of fused-ring (bicyclic) bond motifs is 1. The number of hydrogen-bond donors (Lipinski definition) is 0. The molecule has 29 heavy (non-hydrogen) atoms. The Bertz CT molecular complexity index is 972. The van der Waals surface area contributed by atoms with Crippen LogP contribution in [0.25, 0.3) is 11.0 Å². The highest BCUT2D eigenvalue weighted by atomic mass is 16.6. The Hall–Kier alpha value is -2.93. The normalized spacial score (nSPS) is 16.7. The van der Waals surface area contributed by atoms with Crippen molar-refractivity contribution in [2.45, 2.75) is 32.5 Å². The quantitative estimate of drug-likeness (QED) is 0.681. The minimum absolute atomic E-state index is 0.0793. The van der Waals surface area contributed by atoms with Crippen LogP contribution < -0.4 is 0 Å². The monoisotopic (exact) mass is 393 g/mol. The minimum atomic E-state index is -0.486. The van der Waals surface area contributed by atoms with Crippen LogP contribution in [-0.4, -0.2) is 62.7 Å². The Morgan fingerprint density at radius 3 is 2.31 bits per heavy atom. The maximum Gasteiger partial charge on any atom is 0.410 e. The van der Waals surface area contributed by atoms with Crippen molar-refractivity contribution in [3.8, 4) is 0 Å². The van der Waals surface area contributed by atoms with Crippen LogP contribution in [0.15, 0.2) is 54.6 Å². The number of hydrogen-bond acceptors (Lipinski definition) is 5. The zero-order valence-electron chi connectivity index (χ0n) is 17.2. The Morgan fingerprint density at radius 1 is 0.966 bits per heavy atom. The zero-order valence-corrected chi connectivity index (χ0v) is 17.2. The van der Waals surface area contributed by atoms with E-state index in [9.17, 15) is 4.79 Å². The third kappa shape index (κ3) is 4.24. The number of nitrogens with zero attached hydrogens (tertiary/aromatic N) is 5. The van der Waals surface area contributed by atoms with Crippen molar-refractivity contribution in [3.05, 3.63) is 60.2 Å². The molecule has 1 fully saturated rings. The summed E-state index contributed by atoms with van der Waals surface area (Å²) in [7, 11) is 0. The van der Waals surface area contributed by atoms with Gasteiger partial charge in [0, 0.05) is 26.2 Å². The largest absolute Gasteiger partial charge is 0.444 e. The second kappa shape index (κ2) is 7.83. The van der Waals surface area contributed by atoms with Gasteiger partial charge in [-0.1, -0.05) is 47.7 Å². The first-order valence-corrected chi connectivity index (χ1v) is 9.99. The van der Waals surface area contributed by atoms with E-state index in [0.717, 1.165) is 29.7 Å². The number of amides is 1. The lowest BCUT2D eigenvalue weighted by molar-refractivity contribution is 0.00786. The number of para-hydroxylation sites is 1. The van der Waals surface area contributed by atoms with Gasteiger partial charge < -0.3 is 9.64 Å². The van der Waals surface area contributed by atoms with Crippen LogP contribution in [-0.2, 0) is 4.74 Å². The number of piperazine rings is 1. The SMILES string of the molecule is CC(C)(C)OC(=O)N1CCN(C(c2ccccc2)n2nnc3ccccc32)CC1. The number of carbonyl (C=O) groups excluding carboxylic acids is 1. The smallest absolute Gasteiger partial charge is 0.410 e. The summed E-state index contributed by atoms with van der Waals surface area (Å²) in [6.07, 6.45) is -0.330. The van der Waals surface area contributed by atoms with Crippen LogP contribution in [0.3, 0.4) is 0 Å². The van der Waals surface area contributed by atoms with E-state index in [1.165, 1.54) is 0 Å². The van der Waals surface area contributed by atoms with Crippen molar-refractivity contribution in [2.24, 2.45) is 0 Å². The summed E-state index contributed by atoms with van der Waals surface area (Å²) in [6, 6.07) is 18.3. The summed E-state index contributed by atoms with van der Waals surface area (Å²) < 4.78 is 7.51. The van der Waals surface area contributed by atoms with Crippen molar-refractivity contribution in [1.82, 2.24) is 24.8 Å². The molecule has 1 aromatic heterocycles. The summed E-state index contributed by atoms with van der Waals surface area (Å²) in [6.45, 7) is 8.36. The molecule has 4 rings (SSSR count). The molecule has 1 amide bonds. The molecule has 152 valence electrons. The molecule has 1 unspecified atom stereocenters. The predicted molar refractivity (Wildman–Crippen MR) is 111 cm³/mol. The van der Waals surface area contributed by atoms with Crippen molar-refractivity contribution in [3.63, 3.8) is 0 Å². The van der Waals surface area contributed by atoms with E-state index in [-0.39, 0.29) is 12.3 Å². The van der Waals surface area contributed by atoms with E-state index in [4.69, 9.17) is 4.74 Å². The highest BCUT2D eigenvalue weighted by Gasteiger charge is 2.31. The molecule has 7 heteroatoms. The molecule has 1 aliphatic heterocycles. The van der Waals surface area contributed by atoms with Gasteiger partial charge in [0.25, 0.3) is 0 Å². The van der Waals surface area contributed by atoms with Gasteiger partial charge in [-0.05, 0) is 38.5 Å². The van der Waals surface area contributed by atoms with Gasteiger partial charge in [0.05, 0.1) is 5.52 Å². The van der Waals surface area contributed by atoms with E-state index in [2.05, 4.69) is 27.3 Å². The van der Waals surface area contributed by atoms with E-state index in [0.29, 0.717) is 13.1 Å². The van der Waals surface area contributed by atoms with Gasteiger partial charge in [-0.3, -0.25) is 4.90 Å². The zero-order chi connectivity index (χ0) is 20.4. The van der Waals surface area contributed by atoms with Gasteiger partial charge >= 0.3 is 6.09 Å². The molecule has 7 nitrogen and oxygen atoms in total. The molecule has 1 atom stereocenters. The van der Waals surface area contributed by atoms with Crippen LogP contribution in [0.2, 0.25) is 0 Å². The first kappa shape index (κ1) is 19.4. The highest BCUT2D eigenvalue weighted by Crippen LogP contribution is 2.27. The molecular weight excluding hydrogens is 366 g/mol. The average Bonchev–Trinajstić information content (AvgIpc) is 3.12. The highest BCUT2D eigenvalue weighted by molar-refractivity contribution is 5.74. The van der Waals surface area contributed by atoms with Crippen molar-refractivity contribution < 1.29 is 9.53 Å². The second-order valence-electron chi connectivity index (χ2n) is 8.31. The minimum Gasteiger partial charge on any atom is -0.444 e. The lowest BCUT2D eigenvalue weighted by atomic mass is 10.1. The van der Waals surface area contributed by atoms with Crippen LogP contribution in [0.1, 0.15) is 32.5 Å². The molecule has 0 N–H and O–H groups in total. The fourth-order valence-electron chi connectivity index (χ4n) is 3.68. The maximum atomic E-state index is 12.4. The molecule has 0 spiro atoms. The summed E-state index contributed by atoms with van der Waals surface area (Å²) in [5.41, 5.74) is 2.53. The summed E-state index contributed by atoms with van der Waals surface area (Å²) >= 11 is 0. The molecule has 2 aromatic carbocycles. The Labute approximate surface area is 170 Å².